The number of likely N-dealkylation sites (tertiary alicyclic amines) is 1. The fourth-order valence-corrected chi connectivity index (χ4v) is 2.64. The molecule has 0 saturated carbocycles. The minimum Gasteiger partial charge on any atom is -0.353 e. The maximum Gasteiger partial charge on any atom is 0.222 e. The van der Waals surface area contributed by atoms with E-state index >= 15 is 0 Å². The van der Waals surface area contributed by atoms with Gasteiger partial charge in [0, 0.05) is 25.0 Å². The van der Waals surface area contributed by atoms with Crippen molar-refractivity contribution >= 4 is 5.91 Å². The number of amides is 1. The standard InChI is InChI=1S/C14H27FN2O/c1-10(2)13(16-14(18)11(3)4)12-5-7-17(9-12)8-6-15/h10-13H,5-9H2,1-4H3,(H,16,18)/t12-,13+/m1/s1. The summed E-state index contributed by atoms with van der Waals surface area (Å²) in [5.74, 6) is 1.02. The molecule has 18 heavy (non-hydrogen) atoms. The molecule has 1 saturated heterocycles. The second kappa shape index (κ2) is 7.07. The first-order valence-corrected chi connectivity index (χ1v) is 7.04. The molecular formula is C14H27FN2O. The summed E-state index contributed by atoms with van der Waals surface area (Å²) in [5.41, 5.74) is 0. The van der Waals surface area contributed by atoms with Crippen LogP contribution in [0.2, 0.25) is 0 Å². The summed E-state index contributed by atoms with van der Waals surface area (Å²) in [6, 6.07) is 0.213. The molecule has 1 aliphatic heterocycles. The molecule has 1 N–H and O–H groups in total. The largest absolute Gasteiger partial charge is 0.353 e. The molecule has 1 amide bonds. The SMILES string of the molecule is CC(C)C(=O)N[C@@H](C(C)C)[C@@H]1CCN(CCF)C1. The van der Waals surface area contributed by atoms with Crippen molar-refractivity contribution in [1.29, 1.82) is 0 Å². The van der Waals surface area contributed by atoms with Crippen molar-refractivity contribution in [2.75, 3.05) is 26.3 Å². The highest BCUT2D eigenvalue weighted by atomic mass is 19.1. The maximum absolute atomic E-state index is 12.3. The number of alkyl halides is 1. The van der Waals surface area contributed by atoms with E-state index in [1.165, 1.54) is 0 Å². The van der Waals surface area contributed by atoms with Crippen molar-refractivity contribution in [3.05, 3.63) is 0 Å². The highest BCUT2D eigenvalue weighted by molar-refractivity contribution is 5.78. The number of carbonyl (C=O) groups excluding carboxylic acids is 1. The maximum atomic E-state index is 12.3. The van der Waals surface area contributed by atoms with Gasteiger partial charge in [0.25, 0.3) is 0 Å². The molecule has 106 valence electrons. The molecule has 1 fully saturated rings. The van der Waals surface area contributed by atoms with Gasteiger partial charge in [-0.15, -0.1) is 0 Å². The molecule has 0 aromatic heterocycles. The quantitative estimate of drug-likeness (QED) is 0.791. The van der Waals surface area contributed by atoms with Gasteiger partial charge in [-0.1, -0.05) is 27.7 Å². The molecule has 0 unspecified atom stereocenters. The van der Waals surface area contributed by atoms with E-state index in [2.05, 4.69) is 24.1 Å². The van der Waals surface area contributed by atoms with E-state index in [1.807, 2.05) is 13.8 Å². The fraction of sp³-hybridized carbons (Fsp3) is 0.929. The zero-order valence-electron chi connectivity index (χ0n) is 12.1. The van der Waals surface area contributed by atoms with E-state index in [-0.39, 0.29) is 24.5 Å². The number of nitrogens with one attached hydrogen (secondary N) is 1. The van der Waals surface area contributed by atoms with Gasteiger partial charge in [-0.05, 0) is 24.8 Å². The molecular weight excluding hydrogens is 231 g/mol. The first-order chi connectivity index (χ1) is 8.45. The zero-order valence-corrected chi connectivity index (χ0v) is 12.1. The molecule has 0 spiro atoms. The van der Waals surface area contributed by atoms with Crippen molar-refractivity contribution in [1.82, 2.24) is 10.2 Å². The Labute approximate surface area is 110 Å². The molecule has 4 heteroatoms. The molecule has 1 rings (SSSR count). The van der Waals surface area contributed by atoms with E-state index in [1.54, 1.807) is 0 Å². The minimum atomic E-state index is -0.280. The van der Waals surface area contributed by atoms with Crippen molar-refractivity contribution in [3.8, 4) is 0 Å². The number of rotatable bonds is 6. The average Bonchev–Trinajstić information content (AvgIpc) is 2.73. The van der Waals surface area contributed by atoms with Crippen LogP contribution >= 0.6 is 0 Å². The van der Waals surface area contributed by atoms with Crippen LogP contribution in [-0.2, 0) is 4.79 Å². The van der Waals surface area contributed by atoms with Crippen LogP contribution in [0, 0.1) is 17.8 Å². The van der Waals surface area contributed by atoms with Crippen LogP contribution in [0.15, 0.2) is 0 Å². The van der Waals surface area contributed by atoms with Crippen molar-refractivity contribution in [2.24, 2.45) is 17.8 Å². The Kier molecular flexibility index (Phi) is 6.06. The van der Waals surface area contributed by atoms with E-state index in [4.69, 9.17) is 0 Å². The number of hydrogen-bond acceptors (Lipinski definition) is 2. The highest BCUT2D eigenvalue weighted by Gasteiger charge is 2.32. The van der Waals surface area contributed by atoms with Crippen LogP contribution in [0.25, 0.3) is 0 Å². The number of hydrogen-bond donors (Lipinski definition) is 1. The van der Waals surface area contributed by atoms with Crippen LogP contribution < -0.4 is 5.32 Å². The molecule has 0 aromatic rings. The van der Waals surface area contributed by atoms with Gasteiger partial charge in [0.1, 0.15) is 6.67 Å². The van der Waals surface area contributed by atoms with E-state index in [9.17, 15) is 9.18 Å². The number of halogens is 1. The van der Waals surface area contributed by atoms with Crippen LogP contribution in [0.3, 0.4) is 0 Å². The lowest BCUT2D eigenvalue weighted by molar-refractivity contribution is -0.125. The Morgan fingerprint density at radius 2 is 2.06 bits per heavy atom. The van der Waals surface area contributed by atoms with Crippen LogP contribution in [0.5, 0.6) is 0 Å². The van der Waals surface area contributed by atoms with Crippen LogP contribution in [0.4, 0.5) is 4.39 Å². The molecule has 0 bridgehead atoms. The third-order valence-electron chi connectivity index (χ3n) is 3.77. The smallest absolute Gasteiger partial charge is 0.222 e. The lowest BCUT2D eigenvalue weighted by Crippen LogP contribution is -2.46. The van der Waals surface area contributed by atoms with Gasteiger partial charge >= 0.3 is 0 Å². The summed E-state index contributed by atoms with van der Waals surface area (Å²) in [4.78, 5) is 14.0. The normalized spacial score (nSPS) is 22.7. The molecule has 1 aliphatic rings. The lowest BCUT2D eigenvalue weighted by atomic mass is 9.89. The number of carbonyl (C=O) groups is 1. The third kappa shape index (κ3) is 4.23. The second-order valence-electron chi connectivity index (χ2n) is 5.97. The van der Waals surface area contributed by atoms with Gasteiger partial charge in [0.05, 0.1) is 0 Å². The topological polar surface area (TPSA) is 32.3 Å². The zero-order chi connectivity index (χ0) is 13.7. The lowest BCUT2D eigenvalue weighted by Gasteiger charge is -2.29. The Bertz CT molecular complexity index is 269. The van der Waals surface area contributed by atoms with Crippen molar-refractivity contribution in [2.45, 2.75) is 40.2 Å². The van der Waals surface area contributed by atoms with Gasteiger partial charge in [-0.25, -0.2) is 4.39 Å². The predicted molar refractivity (Wildman–Crippen MR) is 72.1 cm³/mol. The minimum absolute atomic E-state index is 0.0228. The second-order valence-corrected chi connectivity index (χ2v) is 5.97. The van der Waals surface area contributed by atoms with Gasteiger partial charge in [0.2, 0.25) is 5.91 Å². The monoisotopic (exact) mass is 258 g/mol. The molecule has 1 heterocycles. The van der Waals surface area contributed by atoms with Gasteiger partial charge < -0.3 is 10.2 Å². The first kappa shape index (κ1) is 15.4. The predicted octanol–water partition coefficient (Wildman–Crippen LogP) is 2.07. The fourth-order valence-electron chi connectivity index (χ4n) is 2.64. The number of nitrogens with zero attached hydrogens (tertiary/aromatic N) is 1. The van der Waals surface area contributed by atoms with Crippen LogP contribution in [-0.4, -0.2) is 43.2 Å². The summed E-state index contributed by atoms with van der Waals surface area (Å²) >= 11 is 0. The van der Waals surface area contributed by atoms with Crippen molar-refractivity contribution < 1.29 is 9.18 Å². The summed E-state index contributed by atoms with van der Waals surface area (Å²) < 4.78 is 12.3. The summed E-state index contributed by atoms with van der Waals surface area (Å²) in [5, 5.41) is 3.16. The Hall–Kier alpha value is -0.640. The Morgan fingerprint density at radius 1 is 1.39 bits per heavy atom. The molecule has 2 atom stereocenters. The molecule has 3 nitrogen and oxygen atoms in total. The summed E-state index contributed by atoms with van der Waals surface area (Å²) in [7, 11) is 0. The molecule has 0 aliphatic carbocycles. The Morgan fingerprint density at radius 3 is 2.56 bits per heavy atom. The van der Waals surface area contributed by atoms with Crippen molar-refractivity contribution in [3.63, 3.8) is 0 Å². The third-order valence-corrected chi connectivity index (χ3v) is 3.77. The van der Waals surface area contributed by atoms with Gasteiger partial charge in [-0.3, -0.25) is 4.79 Å². The van der Waals surface area contributed by atoms with Crippen LogP contribution in [0.1, 0.15) is 34.1 Å². The van der Waals surface area contributed by atoms with E-state index in [0.717, 1.165) is 19.5 Å². The van der Waals surface area contributed by atoms with E-state index < -0.39 is 0 Å². The highest BCUT2D eigenvalue weighted by Crippen LogP contribution is 2.24. The van der Waals surface area contributed by atoms with Gasteiger partial charge in [-0.2, -0.15) is 0 Å². The van der Waals surface area contributed by atoms with Gasteiger partial charge in [0.15, 0.2) is 0 Å². The first-order valence-electron chi connectivity index (χ1n) is 7.04. The van der Waals surface area contributed by atoms with E-state index in [0.29, 0.717) is 18.4 Å². The molecule has 0 radical (unpaired) electrons. The average molecular weight is 258 g/mol. The molecule has 0 aromatic carbocycles. The summed E-state index contributed by atoms with van der Waals surface area (Å²) in [6.45, 7) is 10.2. The summed E-state index contributed by atoms with van der Waals surface area (Å²) in [6.07, 6.45) is 1.06. The Balaban J connectivity index is 2.55.